The van der Waals surface area contributed by atoms with Gasteiger partial charge >= 0.3 is 0 Å². The van der Waals surface area contributed by atoms with E-state index in [2.05, 4.69) is 5.10 Å². The van der Waals surface area contributed by atoms with Crippen LogP contribution in [0, 0.1) is 0 Å². The Labute approximate surface area is 199 Å². The highest BCUT2D eigenvalue weighted by atomic mass is 16.5. The number of hydrazone groups is 1. The van der Waals surface area contributed by atoms with E-state index in [0.29, 0.717) is 56.9 Å². The van der Waals surface area contributed by atoms with E-state index in [9.17, 15) is 14.4 Å². The summed E-state index contributed by atoms with van der Waals surface area (Å²) >= 11 is 0. The predicted octanol–water partition coefficient (Wildman–Crippen LogP) is 2.79. The highest BCUT2D eigenvalue weighted by molar-refractivity contribution is 6.02. The molecule has 8 heteroatoms. The van der Waals surface area contributed by atoms with Crippen LogP contribution in [0.25, 0.3) is 0 Å². The van der Waals surface area contributed by atoms with Gasteiger partial charge in [-0.3, -0.25) is 14.4 Å². The van der Waals surface area contributed by atoms with E-state index in [0.717, 1.165) is 11.3 Å². The number of hydrogen-bond donors (Lipinski definition) is 0. The van der Waals surface area contributed by atoms with Crippen LogP contribution in [0.1, 0.15) is 41.6 Å². The number of para-hydroxylation sites is 1. The van der Waals surface area contributed by atoms with Crippen LogP contribution in [-0.4, -0.2) is 78.1 Å². The molecule has 3 amide bonds. The summed E-state index contributed by atoms with van der Waals surface area (Å²) in [5, 5.41) is 5.93. The number of rotatable bonds is 6. The third-order valence-corrected chi connectivity index (χ3v) is 6.22. The Balaban J connectivity index is 1.28. The molecule has 34 heavy (non-hydrogen) atoms. The molecule has 2 aromatic carbocycles. The van der Waals surface area contributed by atoms with Crippen molar-refractivity contribution in [3.63, 3.8) is 0 Å². The summed E-state index contributed by atoms with van der Waals surface area (Å²) in [6.07, 6.45) is 1.68. The van der Waals surface area contributed by atoms with Crippen molar-refractivity contribution in [2.24, 2.45) is 5.10 Å². The molecule has 2 aliphatic rings. The van der Waals surface area contributed by atoms with Crippen LogP contribution >= 0.6 is 0 Å². The summed E-state index contributed by atoms with van der Waals surface area (Å²) in [6, 6.07) is 17.0. The Hall–Kier alpha value is -3.68. The van der Waals surface area contributed by atoms with Crippen LogP contribution < -0.4 is 4.74 Å². The first-order valence-corrected chi connectivity index (χ1v) is 11.7. The molecule has 4 rings (SSSR count). The summed E-state index contributed by atoms with van der Waals surface area (Å²) in [5.74, 6) is 0.250. The molecule has 178 valence electrons. The Bertz CT molecular complexity index is 1070. The van der Waals surface area contributed by atoms with Crippen molar-refractivity contribution in [3.8, 4) is 5.75 Å². The Morgan fingerprint density at radius 3 is 2.29 bits per heavy atom. The molecule has 1 saturated heterocycles. The van der Waals surface area contributed by atoms with E-state index in [1.165, 1.54) is 5.01 Å². The summed E-state index contributed by atoms with van der Waals surface area (Å²) in [6.45, 7) is 2.59. The average molecular weight is 463 g/mol. The quantitative estimate of drug-likeness (QED) is 0.661. The number of ether oxygens (including phenoxy) is 1. The zero-order valence-electron chi connectivity index (χ0n) is 19.5. The maximum Gasteiger partial charge on any atom is 0.257 e. The summed E-state index contributed by atoms with van der Waals surface area (Å²) in [7, 11) is 1.55. The van der Waals surface area contributed by atoms with Crippen LogP contribution in [0.4, 0.5) is 0 Å². The zero-order valence-corrected chi connectivity index (χ0v) is 19.5. The topological polar surface area (TPSA) is 82.5 Å². The van der Waals surface area contributed by atoms with Crippen molar-refractivity contribution >= 4 is 23.4 Å². The lowest BCUT2D eigenvalue weighted by Gasteiger charge is -2.23. The molecular weight excluding hydrogens is 432 g/mol. The van der Waals surface area contributed by atoms with Crippen molar-refractivity contribution in [1.29, 1.82) is 0 Å². The van der Waals surface area contributed by atoms with Crippen molar-refractivity contribution in [1.82, 2.24) is 14.8 Å². The first-order valence-electron chi connectivity index (χ1n) is 11.7. The van der Waals surface area contributed by atoms with E-state index in [1.54, 1.807) is 29.0 Å². The van der Waals surface area contributed by atoms with Gasteiger partial charge in [0.1, 0.15) is 5.75 Å². The first-order chi connectivity index (χ1) is 16.6. The molecule has 0 N–H and O–H groups in total. The molecule has 0 spiro atoms. The highest BCUT2D eigenvalue weighted by Gasteiger charge is 2.26. The lowest BCUT2D eigenvalue weighted by atomic mass is 10.1. The fourth-order valence-electron chi connectivity index (χ4n) is 4.33. The second kappa shape index (κ2) is 11.0. The molecule has 8 nitrogen and oxygen atoms in total. The number of carbonyl (C=O) groups excluding carboxylic acids is 3. The molecule has 0 saturated carbocycles. The van der Waals surface area contributed by atoms with Crippen molar-refractivity contribution in [2.45, 2.75) is 25.7 Å². The van der Waals surface area contributed by atoms with E-state index in [-0.39, 0.29) is 30.6 Å². The molecule has 2 aromatic rings. The third kappa shape index (κ3) is 5.44. The molecule has 2 aliphatic heterocycles. The largest absolute Gasteiger partial charge is 0.496 e. The van der Waals surface area contributed by atoms with Crippen LogP contribution in [0.3, 0.4) is 0 Å². The number of hydrogen-bond acceptors (Lipinski definition) is 5. The van der Waals surface area contributed by atoms with Crippen molar-refractivity contribution in [3.05, 3.63) is 65.7 Å². The number of benzene rings is 2. The van der Waals surface area contributed by atoms with Gasteiger partial charge in [0.25, 0.3) is 5.91 Å². The minimum atomic E-state index is -0.137. The second-order valence-electron chi connectivity index (χ2n) is 8.41. The first kappa shape index (κ1) is 23.5. The van der Waals surface area contributed by atoms with Gasteiger partial charge in [0.2, 0.25) is 11.8 Å². The molecule has 1 fully saturated rings. The summed E-state index contributed by atoms with van der Waals surface area (Å²) < 4.78 is 5.32. The van der Waals surface area contributed by atoms with Crippen LogP contribution in [-0.2, 0) is 9.59 Å². The number of amides is 3. The Morgan fingerprint density at radius 2 is 1.50 bits per heavy atom. The van der Waals surface area contributed by atoms with Crippen LogP contribution in [0.15, 0.2) is 59.7 Å². The lowest BCUT2D eigenvalue weighted by molar-refractivity contribution is -0.136. The maximum absolute atomic E-state index is 13.0. The molecule has 2 heterocycles. The minimum Gasteiger partial charge on any atom is -0.496 e. The summed E-state index contributed by atoms with van der Waals surface area (Å²) in [4.78, 5) is 41.9. The van der Waals surface area contributed by atoms with Gasteiger partial charge in [-0.05, 0) is 24.1 Å². The van der Waals surface area contributed by atoms with Gasteiger partial charge in [0.15, 0.2) is 0 Å². The van der Waals surface area contributed by atoms with Gasteiger partial charge in [0.05, 0.1) is 24.9 Å². The van der Waals surface area contributed by atoms with E-state index in [4.69, 9.17) is 4.74 Å². The van der Waals surface area contributed by atoms with Gasteiger partial charge in [-0.25, -0.2) is 5.01 Å². The number of carbonyl (C=O) groups is 3. The monoisotopic (exact) mass is 462 g/mol. The molecule has 0 aliphatic carbocycles. The van der Waals surface area contributed by atoms with E-state index >= 15 is 0 Å². The van der Waals surface area contributed by atoms with Gasteiger partial charge < -0.3 is 14.5 Å². The minimum absolute atomic E-state index is 0.0635. The maximum atomic E-state index is 13.0. The Morgan fingerprint density at radius 1 is 0.824 bits per heavy atom. The third-order valence-electron chi connectivity index (χ3n) is 6.22. The fraction of sp³-hybridized carbons (Fsp3) is 0.385. The average Bonchev–Trinajstić information content (AvgIpc) is 3.25. The smallest absolute Gasteiger partial charge is 0.257 e. The normalized spacial score (nSPS) is 16.1. The van der Waals surface area contributed by atoms with Crippen LogP contribution in [0.2, 0.25) is 0 Å². The highest BCUT2D eigenvalue weighted by Crippen LogP contribution is 2.20. The van der Waals surface area contributed by atoms with Crippen molar-refractivity contribution < 1.29 is 19.1 Å². The molecule has 0 aromatic heterocycles. The predicted molar refractivity (Wildman–Crippen MR) is 129 cm³/mol. The standard InChI is InChI=1S/C26H30N4O4/c1-34-23-11-6-5-10-21(23)26(33)29-16-7-15-28(18-19-29)24(31)12-13-25(32)30-17-14-22(27-30)20-8-3-2-4-9-20/h2-6,8-11H,7,12-19H2,1H3. The van der Waals surface area contributed by atoms with Gasteiger partial charge in [-0.2, -0.15) is 5.10 Å². The molecular formula is C26H30N4O4. The van der Waals surface area contributed by atoms with E-state index < -0.39 is 0 Å². The van der Waals surface area contributed by atoms with Crippen molar-refractivity contribution in [2.75, 3.05) is 39.8 Å². The molecule has 0 radical (unpaired) electrons. The second-order valence-corrected chi connectivity index (χ2v) is 8.41. The number of methoxy groups -OCH3 is 1. The van der Waals surface area contributed by atoms with Gasteiger partial charge in [-0.15, -0.1) is 0 Å². The molecule has 0 unspecified atom stereocenters. The number of nitrogens with zero attached hydrogens (tertiary/aromatic N) is 4. The lowest BCUT2D eigenvalue weighted by Crippen LogP contribution is -2.37. The van der Waals surface area contributed by atoms with Gasteiger partial charge in [-0.1, -0.05) is 42.5 Å². The molecule has 0 bridgehead atoms. The van der Waals surface area contributed by atoms with Crippen LogP contribution in [0.5, 0.6) is 5.75 Å². The SMILES string of the molecule is COc1ccccc1C(=O)N1CCCN(C(=O)CCC(=O)N2CCC(c3ccccc3)=N2)CC1. The molecule has 0 atom stereocenters. The van der Waals surface area contributed by atoms with Gasteiger partial charge in [0, 0.05) is 45.4 Å². The fourth-order valence-corrected chi connectivity index (χ4v) is 4.33. The van der Waals surface area contributed by atoms with E-state index in [1.807, 2.05) is 42.5 Å². The summed E-state index contributed by atoms with van der Waals surface area (Å²) in [5.41, 5.74) is 2.44. The zero-order chi connectivity index (χ0) is 23.9. The Kier molecular flexibility index (Phi) is 7.57.